The Morgan fingerprint density at radius 2 is 2.11 bits per heavy atom. The summed E-state index contributed by atoms with van der Waals surface area (Å²) in [6.07, 6.45) is 7.79. The van der Waals surface area contributed by atoms with Crippen molar-refractivity contribution < 1.29 is 4.79 Å². The van der Waals surface area contributed by atoms with Crippen LogP contribution < -0.4 is 11.1 Å². The molecule has 0 bridgehead atoms. The molecule has 0 saturated heterocycles. The molecule has 0 aromatic carbocycles. The van der Waals surface area contributed by atoms with Crippen molar-refractivity contribution in [2.75, 3.05) is 12.3 Å². The van der Waals surface area contributed by atoms with Crippen LogP contribution in [0.4, 0.5) is 5.82 Å². The van der Waals surface area contributed by atoms with Gasteiger partial charge < -0.3 is 11.1 Å². The van der Waals surface area contributed by atoms with Gasteiger partial charge in [0.2, 0.25) is 0 Å². The van der Waals surface area contributed by atoms with Crippen molar-refractivity contribution in [3.05, 3.63) is 18.1 Å². The van der Waals surface area contributed by atoms with Crippen molar-refractivity contribution in [2.24, 2.45) is 11.8 Å². The van der Waals surface area contributed by atoms with Gasteiger partial charge in [-0.2, -0.15) is 0 Å². The molecule has 3 N–H and O–H groups in total. The molecule has 1 saturated carbocycles. The molecule has 1 aliphatic carbocycles. The molecule has 0 radical (unpaired) electrons. The molecule has 18 heavy (non-hydrogen) atoms. The SMILES string of the molecule is CC1CCC(CNC(=O)c2cncc(N)n2)CC1. The van der Waals surface area contributed by atoms with Crippen LogP contribution in [0.1, 0.15) is 43.1 Å². The Morgan fingerprint density at radius 1 is 1.39 bits per heavy atom. The highest BCUT2D eigenvalue weighted by molar-refractivity contribution is 5.92. The molecule has 0 spiro atoms. The first-order chi connectivity index (χ1) is 8.65. The zero-order chi connectivity index (χ0) is 13.0. The normalized spacial score (nSPS) is 23.6. The Morgan fingerprint density at radius 3 is 2.78 bits per heavy atom. The van der Waals surface area contributed by atoms with Crippen LogP contribution in [0.5, 0.6) is 0 Å². The van der Waals surface area contributed by atoms with Crippen LogP contribution in [0.2, 0.25) is 0 Å². The molecule has 5 nitrogen and oxygen atoms in total. The third kappa shape index (κ3) is 3.42. The molecule has 5 heteroatoms. The lowest BCUT2D eigenvalue weighted by atomic mass is 9.83. The predicted molar refractivity (Wildman–Crippen MR) is 69.9 cm³/mol. The number of nitrogens with two attached hydrogens (primary N) is 1. The molecule has 98 valence electrons. The van der Waals surface area contributed by atoms with Crippen molar-refractivity contribution >= 4 is 11.7 Å². The molecule has 1 aliphatic rings. The third-order valence-corrected chi connectivity index (χ3v) is 3.57. The topological polar surface area (TPSA) is 80.9 Å². The summed E-state index contributed by atoms with van der Waals surface area (Å²) >= 11 is 0. The van der Waals surface area contributed by atoms with E-state index in [1.807, 2.05) is 0 Å². The van der Waals surface area contributed by atoms with Gasteiger partial charge in [-0.15, -0.1) is 0 Å². The van der Waals surface area contributed by atoms with Gasteiger partial charge in [0.1, 0.15) is 11.5 Å². The van der Waals surface area contributed by atoms with Crippen LogP contribution in [-0.4, -0.2) is 22.4 Å². The summed E-state index contributed by atoms with van der Waals surface area (Å²) in [5, 5.41) is 2.91. The number of amides is 1. The fourth-order valence-electron chi connectivity index (χ4n) is 2.35. The highest BCUT2D eigenvalue weighted by Gasteiger charge is 2.19. The van der Waals surface area contributed by atoms with E-state index in [0.717, 1.165) is 12.5 Å². The first kappa shape index (κ1) is 12.8. The van der Waals surface area contributed by atoms with Crippen LogP contribution in [0.25, 0.3) is 0 Å². The van der Waals surface area contributed by atoms with Gasteiger partial charge in [0, 0.05) is 6.54 Å². The second-order valence-corrected chi connectivity index (χ2v) is 5.17. The van der Waals surface area contributed by atoms with Gasteiger partial charge >= 0.3 is 0 Å². The quantitative estimate of drug-likeness (QED) is 0.851. The summed E-state index contributed by atoms with van der Waals surface area (Å²) in [7, 11) is 0. The lowest BCUT2D eigenvalue weighted by Gasteiger charge is -2.26. The van der Waals surface area contributed by atoms with E-state index in [-0.39, 0.29) is 11.7 Å². The summed E-state index contributed by atoms with van der Waals surface area (Å²) in [4.78, 5) is 19.6. The molecule has 0 aliphatic heterocycles. The maximum atomic E-state index is 11.8. The Balaban J connectivity index is 1.81. The molecule has 0 unspecified atom stereocenters. The molecular weight excluding hydrogens is 228 g/mol. The van der Waals surface area contributed by atoms with Crippen LogP contribution >= 0.6 is 0 Å². The van der Waals surface area contributed by atoms with E-state index in [0.29, 0.717) is 11.6 Å². The largest absolute Gasteiger partial charge is 0.382 e. The number of hydrogen-bond donors (Lipinski definition) is 2. The second kappa shape index (κ2) is 5.80. The maximum absolute atomic E-state index is 11.8. The monoisotopic (exact) mass is 248 g/mol. The number of nitrogens with zero attached hydrogens (tertiary/aromatic N) is 2. The van der Waals surface area contributed by atoms with Crippen molar-refractivity contribution in [3.8, 4) is 0 Å². The molecule has 1 aromatic heterocycles. The number of carbonyl (C=O) groups is 1. The molecule has 1 fully saturated rings. The van der Waals surface area contributed by atoms with E-state index in [9.17, 15) is 4.79 Å². The van der Waals surface area contributed by atoms with Gasteiger partial charge in [-0.3, -0.25) is 9.78 Å². The molecule has 0 atom stereocenters. The molecule has 2 rings (SSSR count). The minimum absolute atomic E-state index is 0.187. The third-order valence-electron chi connectivity index (χ3n) is 3.57. The van der Waals surface area contributed by atoms with Crippen LogP contribution in [0.3, 0.4) is 0 Å². The van der Waals surface area contributed by atoms with Crippen LogP contribution in [0, 0.1) is 11.8 Å². The average Bonchev–Trinajstić information content (AvgIpc) is 2.38. The first-order valence-corrected chi connectivity index (χ1v) is 6.51. The zero-order valence-corrected chi connectivity index (χ0v) is 10.7. The lowest BCUT2D eigenvalue weighted by molar-refractivity contribution is 0.0936. The molecule has 1 aromatic rings. The summed E-state index contributed by atoms with van der Waals surface area (Å²) in [6, 6.07) is 0. The fraction of sp³-hybridized carbons (Fsp3) is 0.615. The van der Waals surface area contributed by atoms with E-state index < -0.39 is 0 Å². The summed E-state index contributed by atoms with van der Waals surface area (Å²) < 4.78 is 0. The van der Waals surface area contributed by atoms with E-state index in [4.69, 9.17) is 5.73 Å². The molecular formula is C13H20N4O. The summed E-state index contributed by atoms with van der Waals surface area (Å²) in [5.74, 6) is 1.51. The number of nitrogen functional groups attached to an aromatic ring is 1. The van der Waals surface area contributed by atoms with Crippen molar-refractivity contribution in [1.82, 2.24) is 15.3 Å². The van der Waals surface area contributed by atoms with Crippen LogP contribution in [0.15, 0.2) is 12.4 Å². The number of hydrogen-bond acceptors (Lipinski definition) is 4. The van der Waals surface area contributed by atoms with E-state index in [1.165, 1.54) is 38.1 Å². The standard InChI is InChI=1S/C13H20N4O/c1-9-2-4-10(5-3-9)6-16-13(18)11-7-15-8-12(14)17-11/h7-10H,2-6H2,1H3,(H2,14,17)(H,16,18). The van der Waals surface area contributed by atoms with Crippen molar-refractivity contribution in [1.29, 1.82) is 0 Å². The summed E-state index contributed by atoms with van der Waals surface area (Å²) in [5.41, 5.74) is 5.79. The van der Waals surface area contributed by atoms with Gasteiger partial charge in [0.05, 0.1) is 12.4 Å². The fourth-order valence-corrected chi connectivity index (χ4v) is 2.35. The summed E-state index contributed by atoms with van der Waals surface area (Å²) in [6.45, 7) is 3.01. The number of carbonyl (C=O) groups excluding carboxylic acids is 1. The van der Waals surface area contributed by atoms with Crippen molar-refractivity contribution in [2.45, 2.75) is 32.6 Å². The maximum Gasteiger partial charge on any atom is 0.271 e. The molecule has 1 heterocycles. The predicted octanol–water partition coefficient (Wildman–Crippen LogP) is 1.61. The van der Waals surface area contributed by atoms with Crippen LogP contribution in [-0.2, 0) is 0 Å². The average molecular weight is 248 g/mol. The first-order valence-electron chi connectivity index (χ1n) is 6.51. The minimum atomic E-state index is -0.187. The van der Waals surface area contributed by atoms with Gasteiger partial charge in [-0.05, 0) is 24.7 Å². The number of aromatic nitrogens is 2. The van der Waals surface area contributed by atoms with E-state index >= 15 is 0 Å². The molecule has 1 amide bonds. The number of nitrogens with one attached hydrogen (secondary N) is 1. The van der Waals surface area contributed by atoms with Crippen molar-refractivity contribution in [3.63, 3.8) is 0 Å². The smallest absolute Gasteiger partial charge is 0.271 e. The minimum Gasteiger partial charge on any atom is -0.382 e. The Bertz CT molecular complexity index is 413. The van der Waals surface area contributed by atoms with Gasteiger partial charge in [-0.25, -0.2) is 4.98 Å². The highest BCUT2D eigenvalue weighted by Crippen LogP contribution is 2.27. The Kier molecular flexibility index (Phi) is 4.12. The van der Waals surface area contributed by atoms with Gasteiger partial charge in [-0.1, -0.05) is 19.8 Å². The Labute approximate surface area is 107 Å². The lowest BCUT2D eigenvalue weighted by Crippen LogP contribution is -2.31. The highest BCUT2D eigenvalue weighted by atomic mass is 16.1. The van der Waals surface area contributed by atoms with Gasteiger partial charge in [0.25, 0.3) is 5.91 Å². The second-order valence-electron chi connectivity index (χ2n) is 5.17. The van der Waals surface area contributed by atoms with E-state index in [1.54, 1.807) is 0 Å². The zero-order valence-electron chi connectivity index (χ0n) is 10.7. The Hall–Kier alpha value is -1.65. The van der Waals surface area contributed by atoms with Gasteiger partial charge in [0.15, 0.2) is 0 Å². The number of anilines is 1. The number of rotatable bonds is 3. The van der Waals surface area contributed by atoms with E-state index in [2.05, 4.69) is 22.2 Å².